The van der Waals surface area contributed by atoms with E-state index in [1.807, 2.05) is 0 Å². The molecule has 8 heteroatoms. The van der Waals surface area contributed by atoms with Gasteiger partial charge in [-0.2, -0.15) is 0 Å². The molecule has 2 amide bonds. The third kappa shape index (κ3) is 4.28. The summed E-state index contributed by atoms with van der Waals surface area (Å²) in [6.45, 7) is 1.39. The summed E-state index contributed by atoms with van der Waals surface area (Å²) < 4.78 is 38.8. The van der Waals surface area contributed by atoms with Crippen LogP contribution >= 0.6 is 0 Å². The second-order valence-corrected chi connectivity index (χ2v) is 7.76. The van der Waals surface area contributed by atoms with Gasteiger partial charge in [-0.3, -0.25) is 9.59 Å². The lowest BCUT2D eigenvalue weighted by Gasteiger charge is -2.20. The Morgan fingerprint density at radius 3 is 2.65 bits per heavy atom. The molecule has 1 aliphatic heterocycles. The first-order chi connectivity index (χ1) is 10.8. The molecule has 0 saturated carbocycles. The van der Waals surface area contributed by atoms with Crippen molar-refractivity contribution in [2.24, 2.45) is 0 Å². The van der Waals surface area contributed by atoms with Crippen LogP contribution in [0.1, 0.15) is 24.2 Å². The number of sulfone groups is 1. The summed E-state index contributed by atoms with van der Waals surface area (Å²) in [5.41, 5.74) is 0.142. The summed E-state index contributed by atoms with van der Waals surface area (Å²) in [6, 6.07) is 5.80. The van der Waals surface area contributed by atoms with E-state index in [1.54, 1.807) is 6.07 Å². The fourth-order valence-electron chi connectivity index (χ4n) is 2.59. The summed E-state index contributed by atoms with van der Waals surface area (Å²) >= 11 is 0. The first-order valence-electron chi connectivity index (χ1n) is 7.29. The van der Waals surface area contributed by atoms with Gasteiger partial charge in [-0.25, -0.2) is 12.8 Å². The van der Waals surface area contributed by atoms with Gasteiger partial charge < -0.3 is 10.2 Å². The number of hydrogen-bond acceptors (Lipinski definition) is 4. The van der Waals surface area contributed by atoms with Crippen LogP contribution in [0.3, 0.4) is 0 Å². The van der Waals surface area contributed by atoms with Gasteiger partial charge >= 0.3 is 0 Å². The summed E-state index contributed by atoms with van der Waals surface area (Å²) in [5.74, 6) is -1.45. The number of carbonyl (C=O) groups excluding carboxylic acids is 2. The molecule has 126 valence electrons. The Balaban J connectivity index is 2.15. The molecule has 2 rings (SSSR count). The highest BCUT2D eigenvalue weighted by Gasteiger charge is 2.33. The lowest BCUT2D eigenvalue weighted by Crippen LogP contribution is -2.40. The van der Waals surface area contributed by atoms with Crippen molar-refractivity contribution in [3.63, 3.8) is 0 Å². The minimum atomic E-state index is -3.55. The molecular formula is C15H19FN2O4S. The van der Waals surface area contributed by atoms with Gasteiger partial charge in [-0.05, 0) is 12.5 Å². The fourth-order valence-corrected chi connectivity index (χ4v) is 4.39. The molecule has 0 bridgehead atoms. The molecule has 1 aromatic carbocycles. The van der Waals surface area contributed by atoms with Gasteiger partial charge in [0.2, 0.25) is 11.8 Å². The van der Waals surface area contributed by atoms with Gasteiger partial charge in [0.05, 0.1) is 17.5 Å². The van der Waals surface area contributed by atoms with E-state index in [1.165, 1.54) is 30.0 Å². The van der Waals surface area contributed by atoms with E-state index in [4.69, 9.17) is 0 Å². The van der Waals surface area contributed by atoms with E-state index in [9.17, 15) is 22.4 Å². The second-order valence-electron chi connectivity index (χ2n) is 5.46. The number of nitrogens with one attached hydrogen (secondary N) is 1. The van der Waals surface area contributed by atoms with Crippen molar-refractivity contribution in [2.75, 3.05) is 25.4 Å². The van der Waals surface area contributed by atoms with E-state index in [0.717, 1.165) is 0 Å². The Morgan fingerprint density at radius 2 is 2.00 bits per heavy atom. The Bertz CT molecular complexity index is 705. The lowest BCUT2D eigenvalue weighted by atomic mass is 10.1. The summed E-state index contributed by atoms with van der Waals surface area (Å²) in [6.07, 6.45) is 0.134. The number of rotatable bonds is 3. The third-order valence-corrected chi connectivity index (χ3v) is 5.94. The zero-order valence-corrected chi connectivity index (χ0v) is 13.6. The van der Waals surface area contributed by atoms with Gasteiger partial charge in [0.15, 0.2) is 9.84 Å². The Kier molecular flexibility index (Phi) is 5.35. The molecule has 0 radical (unpaired) electrons. The number of carbonyl (C=O) groups is 2. The van der Waals surface area contributed by atoms with Crippen LogP contribution in [-0.4, -0.2) is 50.5 Å². The van der Waals surface area contributed by atoms with Crippen molar-refractivity contribution in [3.05, 3.63) is 35.6 Å². The fraction of sp³-hybridized carbons (Fsp3) is 0.467. The molecule has 1 unspecified atom stereocenters. The van der Waals surface area contributed by atoms with Crippen LogP contribution in [0.15, 0.2) is 24.3 Å². The molecule has 1 aliphatic rings. The number of benzene rings is 1. The Hall–Kier alpha value is -1.96. The van der Waals surface area contributed by atoms with Crippen LogP contribution in [0, 0.1) is 5.82 Å². The second kappa shape index (κ2) is 7.08. The number of nitrogens with zero attached hydrogens (tertiary/aromatic N) is 1. The molecule has 6 nitrogen and oxygen atoms in total. The van der Waals surface area contributed by atoms with Gasteiger partial charge in [0.25, 0.3) is 0 Å². The highest BCUT2D eigenvalue weighted by molar-refractivity contribution is 7.91. The highest BCUT2D eigenvalue weighted by Crippen LogP contribution is 2.31. The Labute approximate surface area is 134 Å². The van der Waals surface area contributed by atoms with Gasteiger partial charge in [-0.1, -0.05) is 18.2 Å². The van der Waals surface area contributed by atoms with Crippen molar-refractivity contribution in [1.82, 2.24) is 10.2 Å². The maximum absolute atomic E-state index is 13.9. The highest BCUT2D eigenvalue weighted by atomic mass is 32.2. The number of halogens is 1. The zero-order valence-electron chi connectivity index (χ0n) is 12.8. The van der Waals surface area contributed by atoms with Crippen LogP contribution in [0.5, 0.6) is 0 Å². The molecule has 1 saturated heterocycles. The first-order valence-corrected chi connectivity index (χ1v) is 9.01. The van der Waals surface area contributed by atoms with Crippen LogP contribution in [0.2, 0.25) is 0 Å². The summed E-state index contributed by atoms with van der Waals surface area (Å²) in [5, 5.41) is 1.44. The van der Waals surface area contributed by atoms with E-state index in [-0.39, 0.29) is 49.2 Å². The van der Waals surface area contributed by atoms with Gasteiger partial charge in [-0.15, -0.1) is 0 Å². The summed E-state index contributed by atoms with van der Waals surface area (Å²) in [7, 11) is -3.55. The van der Waals surface area contributed by atoms with Crippen LogP contribution in [-0.2, 0) is 19.4 Å². The summed E-state index contributed by atoms with van der Waals surface area (Å²) in [4.78, 5) is 24.3. The maximum atomic E-state index is 13.9. The van der Waals surface area contributed by atoms with Gasteiger partial charge in [0.1, 0.15) is 5.82 Å². The smallest absolute Gasteiger partial charge is 0.241 e. The molecule has 1 N–H and O–H groups in total. The minimum Gasteiger partial charge on any atom is -0.347 e. The first kappa shape index (κ1) is 17.4. The molecule has 23 heavy (non-hydrogen) atoms. The predicted molar refractivity (Wildman–Crippen MR) is 82.8 cm³/mol. The van der Waals surface area contributed by atoms with Crippen molar-refractivity contribution < 1.29 is 22.4 Å². The van der Waals surface area contributed by atoms with Crippen molar-refractivity contribution in [3.8, 4) is 0 Å². The molecule has 1 atom stereocenters. The molecule has 0 aromatic heterocycles. The molecule has 1 heterocycles. The molecule has 0 aliphatic carbocycles. The zero-order chi connectivity index (χ0) is 17.0. The number of hydrogen-bond donors (Lipinski definition) is 1. The molecule has 1 aromatic rings. The molecule has 0 spiro atoms. The maximum Gasteiger partial charge on any atom is 0.241 e. The van der Waals surface area contributed by atoms with Crippen LogP contribution in [0.25, 0.3) is 0 Å². The van der Waals surface area contributed by atoms with Crippen molar-refractivity contribution >= 4 is 21.7 Å². The van der Waals surface area contributed by atoms with Crippen molar-refractivity contribution in [1.29, 1.82) is 0 Å². The standard InChI is InChI=1S/C15H19FN2O4S/c1-11(19)17-10-15(20)18-7-6-14(23(21,22)9-8-18)12-4-2-3-5-13(12)16/h2-5,14H,6-10H2,1H3,(H,17,19). The van der Waals surface area contributed by atoms with Crippen LogP contribution < -0.4 is 5.32 Å². The average molecular weight is 342 g/mol. The average Bonchev–Trinajstić information content (AvgIpc) is 2.64. The minimum absolute atomic E-state index is 0.0473. The van der Waals surface area contributed by atoms with E-state index in [0.29, 0.717) is 0 Å². The monoisotopic (exact) mass is 342 g/mol. The quantitative estimate of drug-likeness (QED) is 0.874. The van der Waals surface area contributed by atoms with Crippen LogP contribution in [0.4, 0.5) is 4.39 Å². The van der Waals surface area contributed by atoms with E-state index >= 15 is 0 Å². The number of amides is 2. The topological polar surface area (TPSA) is 83.6 Å². The third-order valence-electron chi connectivity index (χ3n) is 3.83. The SMILES string of the molecule is CC(=O)NCC(=O)N1CCC(c2ccccc2F)S(=O)(=O)CC1. The van der Waals surface area contributed by atoms with E-state index in [2.05, 4.69) is 5.32 Å². The molecular weight excluding hydrogens is 323 g/mol. The lowest BCUT2D eigenvalue weighted by molar-refractivity contribution is -0.132. The largest absolute Gasteiger partial charge is 0.347 e. The van der Waals surface area contributed by atoms with Gasteiger partial charge in [0, 0.05) is 25.6 Å². The molecule has 1 fully saturated rings. The van der Waals surface area contributed by atoms with Crippen molar-refractivity contribution in [2.45, 2.75) is 18.6 Å². The predicted octanol–water partition coefficient (Wildman–Crippen LogP) is 0.650. The Morgan fingerprint density at radius 1 is 1.30 bits per heavy atom. The normalized spacial score (nSPS) is 20.6. The van der Waals surface area contributed by atoms with E-state index < -0.39 is 20.9 Å².